The Labute approximate surface area is 214 Å². The number of nitrogens with zero attached hydrogens (tertiary/aromatic N) is 4. The van der Waals surface area contributed by atoms with Crippen LogP contribution < -0.4 is 9.47 Å². The number of ketones is 1. The van der Waals surface area contributed by atoms with Gasteiger partial charge in [0, 0.05) is 36.9 Å². The van der Waals surface area contributed by atoms with Crippen LogP contribution in [0.5, 0.6) is 11.6 Å². The van der Waals surface area contributed by atoms with Gasteiger partial charge in [-0.1, -0.05) is 0 Å². The number of amides is 1. The zero-order valence-electron chi connectivity index (χ0n) is 20.7. The third-order valence-electron chi connectivity index (χ3n) is 6.40. The van der Waals surface area contributed by atoms with Crippen molar-refractivity contribution in [2.24, 2.45) is 4.99 Å². The van der Waals surface area contributed by atoms with E-state index in [4.69, 9.17) is 9.47 Å². The fraction of sp³-hybridized carbons (Fsp3) is 0.321. The van der Waals surface area contributed by atoms with Crippen LogP contribution in [0.25, 0.3) is 11.3 Å². The maximum absolute atomic E-state index is 13.2. The molecule has 190 valence electrons. The smallest absolute Gasteiger partial charge is 0.256 e. The van der Waals surface area contributed by atoms with Crippen molar-refractivity contribution in [1.29, 1.82) is 0 Å². The highest BCUT2D eigenvalue weighted by molar-refractivity contribution is 6.06. The lowest BCUT2D eigenvalue weighted by atomic mass is 10.0. The largest absolute Gasteiger partial charge is 0.493 e. The summed E-state index contributed by atoms with van der Waals surface area (Å²) in [5.41, 5.74) is 2.71. The Morgan fingerprint density at radius 2 is 1.89 bits per heavy atom. The van der Waals surface area contributed by atoms with E-state index in [0.29, 0.717) is 66.1 Å². The molecule has 0 aliphatic carbocycles. The van der Waals surface area contributed by atoms with Crippen LogP contribution in [0.3, 0.4) is 0 Å². The molecular formula is C28H27FN4O4. The van der Waals surface area contributed by atoms with Crippen molar-refractivity contribution < 1.29 is 23.5 Å². The van der Waals surface area contributed by atoms with E-state index in [2.05, 4.69) is 15.0 Å². The molecule has 0 spiro atoms. The first-order valence-corrected chi connectivity index (χ1v) is 12.3. The summed E-state index contributed by atoms with van der Waals surface area (Å²) in [6.07, 6.45) is 4.18. The van der Waals surface area contributed by atoms with Gasteiger partial charge in [-0.15, -0.1) is 0 Å². The van der Waals surface area contributed by atoms with Crippen LogP contribution in [0.4, 0.5) is 10.1 Å². The number of halogens is 1. The quantitative estimate of drug-likeness (QED) is 0.319. The van der Waals surface area contributed by atoms with Gasteiger partial charge in [-0.3, -0.25) is 14.6 Å². The predicted molar refractivity (Wildman–Crippen MR) is 136 cm³/mol. The molecule has 2 aromatic carbocycles. The number of ether oxygens (including phenoxy) is 2. The monoisotopic (exact) mass is 502 g/mol. The molecule has 5 rings (SSSR count). The number of benzene rings is 2. The summed E-state index contributed by atoms with van der Waals surface area (Å²) in [5, 5.41) is 0. The van der Waals surface area contributed by atoms with E-state index in [1.807, 2.05) is 11.1 Å². The highest BCUT2D eigenvalue weighted by atomic mass is 19.1. The molecule has 0 bridgehead atoms. The van der Waals surface area contributed by atoms with Crippen molar-refractivity contribution in [3.63, 3.8) is 0 Å². The van der Waals surface area contributed by atoms with Gasteiger partial charge in [0.05, 0.1) is 41.8 Å². The average Bonchev–Trinajstić information content (AvgIpc) is 3.31. The van der Waals surface area contributed by atoms with Gasteiger partial charge in [-0.05, 0) is 57.0 Å². The lowest BCUT2D eigenvalue weighted by Gasteiger charge is -2.20. The van der Waals surface area contributed by atoms with E-state index in [1.54, 1.807) is 37.3 Å². The molecule has 8 nitrogen and oxygen atoms in total. The third-order valence-corrected chi connectivity index (χ3v) is 6.40. The van der Waals surface area contributed by atoms with E-state index in [0.717, 1.165) is 18.4 Å². The normalized spacial score (nSPS) is 16.2. The number of aryl methyl sites for hydroxylation is 1. The van der Waals surface area contributed by atoms with Crippen molar-refractivity contribution >= 4 is 23.6 Å². The average molecular weight is 503 g/mol. The van der Waals surface area contributed by atoms with Crippen molar-refractivity contribution in [2.45, 2.75) is 39.2 Å². The Kier molecular flexibility index (Phi) is 6.94. The number of fused-ring (bicyclic) bond motifs is 2. The summed E-state index contributed by atoms with van der Waals surface area (Å²) in [5.74, 6) is 0.756. The summed E-state index contributed by atoms with van der Waals surface area (Å²) in [7, 11) is 0. The number of hydrogen-bond donors (Lipinski definition) is 0. The summed E-state index contributed by atoms with van der Waals surface area (Å²) < 4.78 is 25.0. The van der Waals surface area contributed by atoms with Crippen molar-refractivity contribution in [2.75, 3.05) is 19.8 Å². The molecule has 0 N–H and O–H groups in total. The van der Waals surface area contributed by atoms with Crippen LogP contribution in [0.1, 0.15) is 52.7 Å². The molecule has 1 fully saturated rings. The van der Waals surface area contributed by atoms with E-state index < -0.39 is 0 Å². The number of Topliss-reactive ketones (excluding diaryl/α,β-unsaturated/α-hetero) is 1. The molecule has 3 aromatic rings. The lowest BCUT2D eigenvalue weighted by Crippen LogP contribution is -2.35. The first-order valence-electron chi connectivity index (χ1n) is 12.3. The van der Waals surface area contributed by atoms with Crippen LogP contribution in [-0.2, 0) is 0 Å². The van der Waals surface area contributed by atoms with Crippen molar-refractivity contribution in [1.82, 2.24) is 14.9 Å². The summed E-state index contributed by atoms with van der Waals surface area (Å²) in [4.78, 5) is 40.4. The summed E-state index contributed by atoms with van der Waals surface area (Å²) >= 11 is 0. The minimum Gasteiger partial charge on any atom is -0.493 e. The van der Waals surface area contributed by atoms with E-state index in [-0.39, 0.29) is 23.5 Å². The second kappa shape index (κ2) is 10.5. The van der Waals surface area contributed by atoms with Gasteiger partial charge in [0.1, 0.15) is 17.4 Å². The molecule has 1 aromatic heterocycles. The second-order valence-corrected chi connectivity index (χ2v) is 9.10. The molecule has 2 aliphatic heterocycles. The third kappa shape index (κ3) is 5.35. The van der Waals surface area contributed by atoms with Crippen LogP contribution in [-0.4, -0.2) is 58.6 Å². The number of carbonyl (C=O) groups is 2. The van der Waals surface area contributed by atoms with Gasteiger partial charge in [-0.2, -0.15) is 4.98 Å². The Morgan fingerprint density at radius 1 is 1.11 bits per heavy atom. The Balaban J connectivity index is 1.23. The predicted octanol–water partition coefficient (Wildman–Crippen LogP) is 4.96. The van der Waals surface area contributed by atoms with Crippen molar-refractivity contribution in [3.05, 3.63) is 65.2 Å². The van der Waals surface area contributed by atoms with Gasteiger partial charge in [0.25, 0.3) is 5.91 Å². The van der Waals surface area contributed by atoms with Gasteiger partial charge in [-0.25, -0.2) is 9.37 Å². The lowest BCUT2D eigenvalue weighted by molar-refractivity contribution is 0.0775. The fourth-order valence-electron chi connectivity index (χ4n) is 4.56. The molecule has 2 aliphatic rings. The molecule has 9 heteroatoms. The van der Waals surface area contributed by atoms with Crippen molar-refractivity contribution in [3.8, 4) is 22.9 Å². The molecule has 0 unspecified atom stereocenters. The summed E-state index contributed by atoms with van der Waals surface area (Å²) in [6, 6.07) is 11.1. The highest BCUT2D eigenvalue weighted by Gasteiger charge is 2.32. The number of aliphatic imine (C=N–C) groups is 1. The molecule has 37 heavy (non-hydrogen) atoms. The fourth-order valence-corrected chi connectivity index (χ4v) is 4.56. The molecule has 1 amide bonds. The minimum absolute atomic E-state index is 0.00352. The van der Waals surface area contributed by atoms with Gasteiger partial charge in [0.15, 0.2) is 5.78 Å². The number of rotatable bonds is 8. The van der Waals surface area contributed by atoms with E-state index >= 15 is 0 Å². The Hall–Kier alpha value is -4.14. The molecule has 1 saturated heterocycles. The first-order chi connectivity index (χ1) is 17.9. The zero-order valence-corrected chi connectivity index (χ0v) is 20.7. The van der Waals surface area contributed by atoms with Gasteiger partial charge < -0.3 is 14.4 Å². The molecule has 0 radical (unpaired) electrons. The van der Waals surface area contributed by atoms with Crippen LogP contribution >= 0.6 is 0 Å². The number of hydrogen-bond acceptors (Lipinski definition) is 7. The zero-order chi connectivity index (χ0) is 25.9. The molecule has 0 saturated carbocycles. The second-order valence-electron chi connectivity index (χ2n) is 9.10. The summed E-state index contributed by atoms with van der Waals surface area (Å²) in [6.45, 7) is 4.53. The SMILES string of the molecule is CC(=O)c1cc2c(cc1OCCCOc1cc(-c3ccc(F)cc3)nc(C)n1)N=C[C@@H]1CCCN1C2=O. The van der Waals surface area contributed by atoms with E-state index in [1.165, 1.54) is 19.1 Å². The van der Waals surface area contributed by atoms with Gasteiger partial charge in [0.2, 0.25) is 5.88 Å². The highest BCUT2D eigenvalue weighted by Crippen LogP contribution is 2.34. The topological polar surface area (TPSA) is 94.0 Å². The Morgan fingerprint density at radius 3 is 2.68 bits per heavy atom. The standard InChI is InChI=1S/C28H27FN4O4/c1-17(34)22-13-23-25(30-16-21-5-3-10-33(21)28(23)35)14-26(22)36-11-4-12-37-27-15-24(31-18(2)32-27)19-6-8-20(29)9-7-19/h6-9,13-16,21H,3-5,10-12H2,1-2H3/t21-/m0/s1. The van der Waals surface area contributed by atoms with Crippen LogP contribution in [0, 0.1) is 12.7 Å². The van der Waals surface area contributed by atoms with Crippen LogP contribution in [0.15, 0.2) is 47.5 Å². The molecular weight excluding hydrogens is 475 g/mol. The Bertz CT molecular complexity index is 1370. The maximum Gasteiger partial charge on any atom is 0.256 e. The first kappa shape index (κ1) is 24.5. The molecule has 3 heterocycles. The minimum atomic E-state index is -0.313. The van der Waals surface area contributed by atoms with Crippen LogP contribution in [0.2, 0.25) is 0 Å². The molecule has 1 atom stereocenters. The number of carbonyl (C=O) groups excluding carboxylic acids is 2. The maximum atomic E-state index is 13.2. The van der Waals surface area contributed by atoms with Gasteiger partial charge >= 0.3 is 0 Å². The number of aromatic nitrogens is 2. The van der Waals surface area contributed by atoms with E-state index in [9.17, 15) is 14.0 Å².